The molecular weight excluding hydrogens is 266 g/mol. The molecule has 2 aromatic heterocycles. The van der Waals surface area contributed by atoms with Gasteiger partial charge in [0.25, 0.3) is 5.91 Å². The number of H-pyrrole nitrogens is 1. The Morgan fingerprint density at radius 1 is 1.38 bits per heavy atom. The SMILES string of the molecule is Cc1c[nH]c(CNC(=O)c2cccn2C(C)C)c(C)c1=O. The number of pyridine rings is 1. The molecule has 0 fully saturated rings. The fraction of sp³-hybridized carbons (Fsp3) is 0.375. The number of nitrogens with zero attached hydrogens (tertiary/aromatic N) is 1. The molecule has 2 N–H and O–H groups in total. The standard InChI is InChI=1S/C16H21N3O2/c1-10(2)19-7-5-6-14(19)16(21)18-9-13-12(4)15(20)11(3)8-17-13/h5-8,10H,9H2,1-4H3,(H,17,20)(H,18,21). The van der Waals surface area contributed by atoms with E-state index in [9.17, 15) is 9.59 Å². The summed E-state index contributed by atoms with van der Waals surface area (Å²) in [6.07, 6.45) is 3.56. The number of rotatable bonds is 4. The number of nitrogens with one attached hydrogen (secondary N) is 2. The molecule has 0 aliphatic rings. The smallest absolute Gasteiger partial charge is 0.268 e. The zero-order chi connectivity index (χ0) is 15.6. The molecule has 0 saturated heterocycles. The summed E-state index contributed by atoms with van der Waals surface area (Å²) >= 11 is 0. The number of aromatic nitrogens is 2. The van der Waals surface area contributed by atoms with Crippen molar-refractivity contribution in [2.24, 2.45) is 0 Å². The van der Waals surface area contributed by atoms with E-state index >= 15 is 0 Å². The molecule has 0 aromatic carbocycles. The minimum atomic E-state index is -0.144. The first-order chi connectivity index (χ1) is 9.91. The van der Waals surface area contributed by atoms with Crippen LogP contribution in [0.5, 0.6) is 0 Å². The van der Waals surface area contributed by atoms with Crippen molar-refractivity contribution >= 4 is 5.91 Å². The first-order valence-electron chi connectivity index (χ1n) is 7.04. The Labute approximate surface area is 124 Å². The van der Waals surface area contributed by atoms with Crippen LogP contribution in [0, 0.1) is 13.8 Å². The molecule has 5 nitrogen and oxygen atoms in total. The first kappa shape index (κ1) is 15.1. The molecular formula is C16H21N3O2. The lowest BCUT2D eigenvalue weighted by atomic mass is 10.1. The average molecular weight is 287 g/mol. The van der Waals surface area contributed by atoms with Gasteiger partial charge in [0.15, 0.2) is 5.43 Å². The Balaban J connectivity index is 2.13. The van der Waals surface area contributed by atoms with Crippen LogP contribution in [0.4, 0.5) is 0 Å². The van der Waals surface area contributed by atoms with Gasteiger partial charge in [-0.25, -0.2) is 0 Å². The van der Waals surface area contributed by atoms with E-state index in [1.54, 1.807) is 26.1 Å². The minimum absolute atomic E-state index is 0.0172. The van der Waals surface area contributed by atoms with Crippen molar-refractivity contribution in [3.05, 3.63) is 57.3 Å². The van der Waals surface area contributed by atoms with Crippen LogP contribution >= 0.6 is 0 Å². The summed E-state index contributed by atoms with van der Waals surface area (Å²) in [5, 5.41) is 2.85. The highest BCUT2D eigenvalue weighted by Gasteiger charge is 2.13. The Morgan fingerprint density at radius 3 is 2.76 bits per heavy atom. The Morgan fingerprint density at radius 2 is 2.10 bits per heavy atom. The fourth-order valence-corrected chi connectivity index (χ4v) is 2.28. The number of amides is 1. The molecule has 1 amide bonds. The van der Waals surface area contributed by atoms with Crippen LogP contribution in [0.1, 0.15) is 47.2 Å². The van der Waals surface area contributed by atoms with E-state index in [2.05, 4.69) is 10.3 Å². The predicted octanol–water partition coefficient (Wildman–Crippen LogP) is 2.30. The van der Waals surface area contributed by atoms with Crippen LogP contribution in [0.25, 0.3) is 0 Å². The topological polar surface area (TPSA) is 66.9 Å². The van der Waals surface area contributed by atoms with Crippen molar-refractivity contribution < 1.29 is 4.79 Å². The molecule has 2 aromatic rings. The van der Waals surface area contributed by atoms with Gasteiger partial charge < -0.3 is 14.9 Å². The van der Waals surface area contributed by atoms with Gasteiger partial charge in [-0.05, 0) is 39.8 Å². The zero-order valence-corrected chi connectivity index (χ0v) is 12.9. The number of aryl methyl sites for hydroxylation is 1. The van der Waals surface area contributed by atoms with Crippen LogP contribution in [-0.2, 0) is 6.54 Å². The predicted molar refractivity (Wildman–Crippen MR) is 82.5 cm³/mol. The van der Waals surface area contributed by atoms with Crippen LogP contribution < -0.4 is 10.7 Å². The molecule has 0 bridgehead atoms. The molecule has 0 radical (unpaired) electrons. The highest BCUT2D eigenvalue weighted by Crippen LogP contribution is 2.11. The van der Waals surface area contributed by atoms with E-state index in [-0.39, 0.29) is 17.4 Å². The van der Waals surface area contributed by atoms with E-state index in [1.165, 1.54) is 0 Å². The second-order valence-electron chi connectivity index (χ2n) is 5.48. The molecule has 0 spiro atoms. The van der Waals surface area contributed by atoms with E-state index in [4.69, 9.17) is 0 Å². The third-order valence-corrected chi connectivity index (χ3v) is 3.61. The summed E-state index contributed by atoms with van der Waals surface area (Å²) in [6, 6.07) is 3.87. The van der Waals surface area contributed by atoms with Crippen molar-refractivity contribution in [1.29, 1.82) is 0 Å². The van der Waals surface area contributed by atoms with Gasteiger partial charge in [-0.1, -0.05) is 0 Å². The van der Waals surface area contributed by atoms with Gasteiger partial charge in [0.1, 0.15) is 5.69 Å². The van der Waals surface area contributed by atoms with Crippen LogP contribution in [-0.4, -0.2) is 15.5 Å². The van der Waals surface area contributed by atoms with E-state index < -0.39 is 0 Å². The van der Waals surface area contributed by atoms with E-state index in [0.717, 1.165) is 5.69 Å². The molecule has 0 atom stereocenters. The summed E-state index contributed by atoms with van der Waals surface area (Å²) in [5.41, 5.74) is 2.70. The number of aromatic amines is 1. The first-order valence-corrected chi connectivity index (χ1v) is 7.04. The second-order valence-corrected chi connectivity index (χ2v) is 5.48. The molecule has 5 heteroatoms. The lowest BCUT2D eigenvalue weighted by Gasteiger charge is -2.13. The van der Waals surface area contributed by atoms with Gasteiger partial charge in [0.2, 0.25) is 0 Å². The van der Waals surface area contributed by atoms with Crippen molar-refractivity contribution in [3.8, 4) is 0 Å². The summed E-state index contributed by atoms with van der Waals surface area (Å²) in [6.45, 7) is 7.90. The molecule has 21 heavy (non-hydrogen) atoms. The van der Waals surface area contributed by atoms with E-state index in [1.807, 2.05) is 30.7 Å². The van der Waals surface area contributed by atoms with Crippen LogP contribution in [0.15, 0.2) is 29.3 Å². The molecule has 0 saturated carbocycles. The molecule has 112 valence electrons. The highest BCUT2D eigenvalue weighted by molar-refractivity contribution is 5.92. The lowest BCUT2D eigenvalue weighted by Crippen LogP contribution is -2.27. The second kappa shape index (κ2) is 5.99. The number of hydrogen-bond acceptors (Lipinski definition) is 2. The molecule has 0 aliphatic carbocycles. The summed E-state index contributed by atoms with van der Waals surface area (Å²) in [5.74, 6) is -0.144. The van der Waals surface area contributed by atoms with Gasteiger partial charge >= 0.3 is 0 Å². The third kappa shape index (κ3) is 3.07. The van der Waals surface area contributed by atoms with Crippen molar-refractivity contribution in [2.45, 2.75) is 40.3 Å². The van der Waals surface area contributed by atoms with Crippen LogP contribution in [0.2, 0.25) is 0 Å². The molecule has 0 aliphatic heterocycles. The molecule has 2 rings (SSSR count). The number of hydrogen-bond donors (Lipinski definition) is 2. The maximum absolute atomic E-state index is 12.2. The minimum Gasteiger partial charge on any atom is -0.363 e. The average Bonchev–Trinajstić information content (AvgIpc) is 2.93. The molecule has 0 unspecified atom stereocenters. The maximum atomic E-state index is 12.2. The number of carbonyl (C=O) groups is 1. The third-order valence-electron chi connectivity index (χ3n) is 3.61. The monoisotopic (exact) mass is 287 g/mol. The lowest BCUT2D eigenvalue weighted by molar-refractivity contribution is 0.0939. The summed E-state index contributed by atoms with van der Waals surface area (Å²) < 4.78 is 1.92. The Hall–Kier alpha value is -2.30. The largest absolute Gasteiger partial charge is 0.363 e. The highest BCUT2D eigenvalue weighted by atomic mass is 16.2. The summed E-state index contributed by atoms with van der Waals surface area (Å²) in [4.78, 5) is 27.2. The van der Waals surface area contributed by atoms with Crippen molar-refractivity contribution in [2.75, 3.05) is 0 Å². The van der Waals surface area contributed by atoms with Gasteiger partial charge in [-0.3, -0.25) is 9.59 Å². The van der Waals surface area contributed by atoms with Crippen molar-refractivity contribution in [1.82, 2.24) is 14.9 Å². The zero-order valence-electron chi connectivity index (χ0n) is 12.9. The Kier molecular flexibility index (Phi) is 4.31. The van der Waals surface area contributed by atoms with Gasteiger partial charge in [-0.15, -0.1) is 0 Å². The molecule has 2 heterocycles. The van der Waals surface area contributed by atoms with Crippen LogP contribution in [0.3, 0.4) is 0 Å². The quantitative estimate of drug-likeness (QED) is 0.906. The van der Waals surface area contributed by atoms with Gasteiger partial charge in [0, 0.05) is 35.3 Å². The van der Waals surface area contributed by atoms with Gasteiger partial charge in [-0.2, -0.15) is 0 Å². The Bertz CT molecular complexity index is 711. The number of carbonyl (C=O) groups excluding carboxylic acids is 1. The summed E-state index contributed by atoms with van der Waals surface area (Å²) in [7, 11) is 0. The maximum Gasteiger partial charge on any atom is 0.268 e. The van der Waals surface area contributed by atoms with Crippen molar-refractivity contribution in [3.63, 3.8) is 0 Å². The normalized spacial score (nSPS) is 10.9. The van der Waals surface area contributed by atoms with E-state index in [0.29, 0.717) is 23.4 Å². The van der Waals surface area contributed by atoms with Gasteiger partial charge in [0.05, 0.1) is 6.54 Å². The fourth-order valence-electron chi connectivity index (χ4n) is 2.28.